The molecule has 0 spiro atoms. The predicted octanol–water partition coefficient (Wildman–Crippen LogP) is 3.36. The maximum atomic E-state index is 12.9. The monoisotopic (exact) mass is 314 g/mol. The van der Waals surface area contributed by atoms with Crippen molar-refractivity contribution in [3.63, 3.8) is 0 Å². The van der Waals surface area contributed by atoms with Crippen molar-refractivity contribution in [2.75, 3.05) is 11.0 Å². The lowest BCUT2D eigenvalue weighted by Crippen LogP contribution is -2.35. The standard InChI is InChI=1S/C17H18N2O2S/c1-3-16-15-6-4-5-7-17(15)19(12-18-16)22(20,21)14-10-8-13(2)9-11-14/h4-11H,3,12H2,1-2H3. The zero-order valence-electron chi connectivity index (χ0n) is 12.7. The summed E-state index contributed by atoms with van der Waals surface area (Å²) in [6, 6.07) is 14.4. The highest BCUT2D eigenvalue weighted by Crippen LogP contribution is 2.31. The molecule has 2 aromatic carbocycles. The topological polar surface area (TPSA) is 49.7 Å². The second-order valence-electron chi connectivity index (χ2n) is 5.28. The molecule has 0 aliphatic carbocycles. The molecule has 2 aromatic rings. The van der Waals surface area contributed by atoms with Crippen LogP contribution in [0.5, 0.6) is 0 Å². The Morgan fingerprint density at radius 1 is 1.09 bits per heavy atom. The molecule has 0 unspecified atom stereocenters. The van der Waals surface area contributed by atoms with Crippen molar-refractivity contribution >= 4 is 21.4 Å². The fourth-order valence-corrected chi connectivity index (χ4v) is 3.95. The first-order valence-corrected chi connectivity index (χ1v) is 8.70. The van der Waals surface area contributed by atoms with Crippen molar-refractivity contribution in [2.45, 2.75) is 25.2 Å². The molecular formula is C17H18N2O2S. The molecule has 1 aliphatic heterocycles. The van der Waals surface area contributed by atoms with Gasteiger partial charge in [0.25, 0.3) is 10.0 Å². The van der Waals surface area contributed by atoms with Gasteiger partial charge in [0.1, 0.15) is 6.67 Å². The minimum atomic E-state index is -3.60. The molecule has 0 bridgehead atoms. The van der Waals surface area contributed by atoms with Gasteiger partial charge in [0.15, 0.2) is 0 Å². The Kier molecular flexibility index (Phi) is 3.74. The molecule has 0 saturated heterocycles. The summed E-state index contributed by atoms with van der Waals surface area (Å²) in [6.45, 7) is 4.10. The molecule has 0 aromatic heterocycles. The van der Waals surface area contributed by atoms with Crippen LogP contribution in [0.3, 0.4) is 0 Å². The number of aryl methyl sites for hydroxylation is 1. The maximum absolute atomic E-state index is 12.9. The third-order valence-electron chi connectivity index (χ3n) is 3.82. The maximum Gasteiger partial charge on any atom is 0.265 e. The number of hydrogen-bond donors (Lipinski definition) is 0. The Labute approximate surface area is 131 Å². The molecule has 5 heteroatoms. The van der Waals surface area contributed by atoms with Crippen LogP contribution in [0.1, 0.15) is 24.5 Å². The summed E-state index contributed by atoms with van der Waals surface area (Å²) in [6.07, 6.45) is 0.787. The number of benzene rings is 2. The smallest absolute Gasteiger partial charge is 0.265 e. The summed E-state index contributed by atoms with van der Waals surface area (Å²) in [5, 5.41) is 0. The first-order valence-electron chi connectivity index (χ1n) is 7.26. The van der Waals surface area contributed by atoms with Gasteiger partial charge >= 0.3 is 0 Å². The Bertz CT molecular complexity index is 824. The number of para-hydroxylation sites is 1. The Morgan fingerprint density at radius 2 is 1.77 bits per heavy atom. The minimum absolute atomic E-state index is 0.135. The molecule has 3 rings (SSSR count). The largest absolute Gasteiger partial charge is 0.267 e. The first-order chi connectivity index (χ1) is 10.5. The Hall–Kier alpha value is -2.14. The molecule has 4 nitrogen and oxygen atoms in total. The number of fused-ring (bicyclic) bond motifs is 1. The fraction of sp³-hybridized carbons (Fsp3) is 0.235. The molecule has 1 aliphatic rings. The molecule has 114 valence electrons. The van der Waals surface area contributed by atoms with E-state index in [2.05, 4.69) is 4.99 Å². The number of aliphatic imine (C=N–C) groups is 1. The molecule has 0 amide bonds. The van der Waals surface area contributed by atoms with Crippen LogP contribution in [0.25, 0.3) is 0 Å². The van der Waals surface area contributed by atoms with E-state index in [1.807, 2.05) is 50.2 Å². The summed E-state index contributed by atoms with van der Waals surface area (Å²) < 4.78 is 27.2. The lowest BCUT2D eigenvalue weighted by molar-refractivity contribution is 0.591. The molecule has 0 radical (unpaired) electrons. The third kappa shape index (κ3) is 2.41. The Balaban J connectivity index is 2.10. The number of nitrogens with zero attached hydrogens (tertiary/aromatic N) is 2. The highest BCUT2D eigenvalue weighted by atomic mass is 32.2. The average molecular weight is 314 g/mol. The number of hydrogen-bond acceptors (Lipinski definition) is 3. The van der Waals surface area contributed by atoms with Gasteiger partial charge in [-0.1, -0.05) is 42.8 Å². The minimum Gasteiger partial charge on any atom is -0.267 e. The molecule has 0 fully saturated rings. The van der Waals surface area contributed by atoms with E-state index in [4.69, 9.17) is 0 Å². The molecule has 22 heavy (non-hydrogen) atoms. The lowest BCUT2D eigenvalue weighted by Gasteiger charge is -2.29. The Morgan fingerprint density at radius 3 is 2.45 bits per heavy atom. The highest BCUT2D eigenvalue weighted by molar-refractivity contribution is 7.92. The second-order valence-corrected chi connectivity index (χ2v) is 7.15. The second kappa shape index (κ2) is 5.57. The van der Waals surface area contributed by atoms with Crippen molar-refractivity contribution in [1.29, 1.82) is 0 Å². The zero-order valence-corrected chi connectivity index (χ0v) is 13.5. The van der Waals surface area contributed by atoms with Crippen LogP contribution in [0.2, 0.25) is 0 Å². The van der Waals surface area contributed by atoms with Gasteiger partial charge in [0, 0.05) is 11.3 Å². The van der Waals surface area contributed by atoms with Gasteiger partial charge in [-0.25, -0.2) is 12.7 Å². The van der Waals surface area contributed by atoms with Crippen LogP contribution >= 0.6 is 0 Å². The van der Waals surface area contributed by atoms with E-state index in [1.54, 1.807) is 12.1 Å². The van der Waals surface area contributed by atoms with Gasteiger partial charge in [-0.2, -0.15) is 0 Å². The summed E-state index contributed by atoms with van der Waals surface area (Å²) >= 11 is 0. The normalized spacial score (nSPS) is 14.5. The van der Waals surface area contributed by atoms with E-state index in [9.17, 15) is 8.42 Å². The quantitative estimate of drug-likeness (QED) is 0.872. The van der Waals surface area contributed by atoms with Crippen molar-refractivity contribution in [2.24, 2.45) is 4.99 Å². The molecule has 0 saturated carbocycles. The fourth-order valence-electron chi connectivity index (χ4n) is 2.59. The van der Waals surface area contributed by atoms with Gasteiger partial charge < -0.3 is 0 Å². The van der Waals surface area contributed by atoms with Crippen LogP contribution in [-0.4, -0.2) is 20.8 Å². The van der Waals surface area contributed by atoms with E-state index in [0.29, 0.717) is 10.6 Å². The average Bonchev–Trinajstić information content (AvgIpc) is 2.54. The van der Waals surface area contributed by atoms with Crippen molar-refractivity contribution in [3.8, 4) is 0 Å². The van der Waals surface area contributed by atoms with Crippen molar-refractivity contribution in [3.05, 3.63) is 59.7 Å². The van der Waals surface area contributed by atoms with Crippen molar-refractivity contribution in [1.82, 2.24) is 0 Å². The van der Waals surface area contributed by atoms with Gasteiger partial charge in [-0.05, 0) is 31.5 Å². The summed E-state index contributed by atoms with van der Waals surface area (Å²) in [4.78, 5) is 4.74. The van der Waals surface area contributed by atoms with Crippen molar-refractivity contribution < 1.29 is 8.42 Å². The summed E-state index contributed by atoms with van der Waals surface area (Å²) in [5.74, 6) is 0. The van der Waals surface area contributed by atoms with Gasteiger partial charge in [0.2, 0.25) is 0 Å². The third-order valence-corrected chi connectivity index (χ3v) is 5.58. The van der Waals surface area contributed by atoms with E-state index in [1.165, 1.54) is 4.31 Å². The van der Waals surface area contributed by atoms with Crippen LogP contribution in [0.4, 0.5) is 5.69 Å². The van der Waals surface area contributed by atoms with E-state index >= 15 is 0 Å². The van der Waals surface area contributed by atoms with Crippen LogP contribution in [0, 0.1) is 6.92 Å². The highest BCUT2D eigenvalue weighted by Gasteiger charge is 2.29. The van der Waals surface area contributed by atoms with E-state index in [-0.39, 0.29) is 6.67 Å². The van der Waals surface area contributed by atoms with E-state index < -0.39 is 10.0 Å². The number of anilines is 1. The van der Waals surface area contributed by atoms with E-state index in [0.717, 1.165) is 23.3 Å². The lowest BCUT2D eigenvalue weighted by atomic mass is 10.0. The molecule has 1 heterocycles. The SMILES string of the molecule is CCC1=NCN(S(=O)(=O)c2ccc(C)cc2)c2ccccc21. The number of sulfonamides is 1. The predicted molar refractivity (Wildman–Crippen MR) is 89.0 cm³/mol. The first kappa shape index (κ1) is 14.8. The van der Waals surface area contributed by atoms with Crippen LogP contribution in [-0.2, 0) is 10.0 Å². The summed E-state index contributed by atoms with van der Waals surface area (Å²) in [7, 11) is -3.60. The molecule has 0 N–H and O–H groups in total. The van der Waals surface area contributed by atoms with Gasteiger partial charge in [-0.3, -0.25) is 4.99 Å². The van der Waals surface area contributed by atoms with Gasteiger partial charge in [0.05, 0.1) is 10.6 Å². The van der Waals surface area contributed by atoms with Crippen LogP contribution in [0.15, 0.2) is 58.4 Å². The molecule has 0 atom stereocenters. The zero-order chi connectivity index (χ0) is 15.7. The summed E-state index contributed by atoms with van der Waals surface area (Å²) in [5.41, 5.74) is 3.58. The van der Waals surface area contributed by atoms with Gasteiger partial charge in [-0.15, -0.1) is 0 Å². The molecular weight excluding hydrogens is 296 g/mol. The van der Waals surface area contributed by atoms with Crippen LogP contribution < -0.4 is 4.31 Å². The number of rotatable bonds is 3.